The first kappa shape index (κ1) is 19.9. The number of ketones is 1. The lowest BCUT2D eigenvalue weighted by Gasteiger charge is -2.29. The maximum absolute atomic E-state index is 13.3. The number of carbonyl (C=O) groups excluding carboxylic acids is 2. The van der Waals surface area contributed by atoms with Crippen molar-refractivity contribution in [1.82, 2.24) is 0 Å². The highest BCUT2D eigenvalue weighted by Crippen LogP contribution is 2.45. The number of amides is 1. The van der Waals surface area contributed by atoms with Gasteiger partial charge in [0.1, 0.15) is 5.75 Å². The number of hydrogen-bond donors (Lipinski definition) is 1. The van der Waals surface area contributed by atoms with Crippen molar-refractivity contribution >= 4 is 28.7 Å². The summed E-state index contributed by atoms with van der Waals surface area (Å²) in [5, 5.41) is 12.6. The predicted molar refractivity (Wildman–Crippen MR) is 117 cm³/mol. The summed E-state index contributed by atoms with van der Waals surface area (Å²) < 4.78 is 5.53. The van der Waals surface area contributed by atoms with Gasteiger partial charge >= 0.3 is 0 Å². The largest absolute Gasteiger partial charge is 0.503 e. The van der Waals surface area contributed by atoms with E-state index in [0.29, 0.717) is 21.9 Å². The van der Waals surface area contributed by atoms with E-state index in [1.807, 2.05) is 50.2 Å². The van der Waals surface area contributed by atoms with E-state index in [1.54, 1.807) is 30.7 Å². The molecule has 6 heteroatoms. The lowest BCUT2D eigenvalue weighted by atomic mass is 9.94. The highest BCUT2D eigenvalue weighted by Gasteiger charge is 2.46. The number of ether oxygens (including phenoxy) is 1. The van der Waals surface area contributed by atoms with E-state index in [4.69, 9.17) is 4.74 Å². The van der Waals surface area contributed by atoms with Crippen LogP contribution >= 0.6 is 11.3 Å². The van der Waals surface area contributed by atoms with Gasteiger partial charge in [-0.3, -0.25) is 14.5 Å². The third kappa shape index (κ3) is 3.19. The molecule has 1 aliphatic heterocycles. The minimum atomic E-state index is -0.802. The average molecular weight is 420 g/mol. The van der Waals surface area contributed by atoms with Crippen molar-refractivity contribution in [3.05, 3.63) is 92.9 Å². The number of aliphatic hydroxyl groups is 1. The molecule has 0 radical (unpaired) electrons. The maximum atomic E-state index is 13.3. The Bertz CT molecular complexity index is 1160. The zero-order valence-corrected chi connectivity index (χ0v) is 17.7. The molecule has 3 aromatic rings. The fourth-order valence-corrected chi connectivity index (χ4v) is 4.47. The molecule has 0 spiro atoms. The van der Waals surface area contributed by atoms with Crippen LogP contribution in [0.3, 0.4) is 0 Å². The lowest BCUT2D eigenvalue weighted by molar-refractivity contribution is -0.117. The Morgan fingerprint density at radius 2 is 1.87 bits per heavy atom. The summed E-state index contributed by atoms with van der Waals surface area (Å²) in [4.78, 5) is 28.6. The molecule has 4 rings (SSSR count). The summed E-state index contributed by atoms with van der Waals surface area (Å²) in [6, 6.07) is 15.7. The van der Waals surface area contributed by atoms with Gasteiger partial charge in [-0.15, -0.1) is 11.3 Å². The topological polar surface area (TPSA) is 66.8 Å². The standard InChI is InChI=1S/C24H21NO4S/c1-14-10-11-15(2)17(13-14)25-21(16-7-4-5-8-18(16)29-3)20(23(27)24(25)28)22(26)19-9-6-12-30-19/h4-13,21,27H,1-3H3. The number of para-hydroxylation sites is 1. The second kappa shape index (κ2) is 7.80. The van der Waals surface area contributed by atoms with E-state index >= 15 is 0 Å². The van der Waals surface area contributed by atoms with Gasteiger partial charge in [0.05, 0.1) is 23.6 Å². The Hall–Kier alpha value is -3.38. The van der Waals surface area contributed by atoms with Crippen LogP contribution in [-0.4, -0.2) is 23.9 Å². The van der Waals surface area contributed by atoms with Gasteiger partial charge in [0.2, 0.25) is 5.78 Å². The van der Waals surface area contributed by atoms with Gasteiger partial charge in [0.15, 0.2) is 5.76 Å². The monoisotopic (exact) mass is 419 g/mol. The van der Waals surface area contributed by atoms with E-state index in [1.165, 1.54) is 16.2 Å². The lowest BCUT2D eigenvalue weighted by Crippen LogP contribution is -2.32. The van der Waals surface area contributed by atoms with Crippen LogP contribution in [0.15, 0.2) is 71.3 Å². The first-order chi connectivity index (χ1) is 14.4. The van der Waals surface area contributed by atoms with Gasteiger partial charge in [-0.05, 0) is 48.6 Å². The fourth-order valence-electron chi connectivity index (χ4n) is 3.79. The quantitative estimate of drug-likeness (QED) is 0.581. The Morgan fingerprint density at radius 3 is 2.57 bits per heavy atom. The van der Waals surface area contributed by atoms with Crippen LogP contribution in [0, 0.1) is 13.8 Å². The van der Waals surface area contributed by atoms with Crippen LogP contribution in [0.4, 0.5) is 5.69 Å². The second-order valence-electron chi connectivity index (χ2n) is 7.18. The van der Waals surface area contributed by atoms with Gasteiger partial charge in [-0.2, -0.15) is 0 Å². The van der Waals surface area contributed by atoms with Crippen LogP contribution in [0.5, 0.6) is 5.75 Å². The number of Topliss-reactive ketones (excluding diaryl/α,β-unsaturated/α-hetero) is 1. The molecule has 0 fully saturated rings. The SMILES string of the molecule is COc1ccccc1C1C(C(=O)c2cccs2)=C(O)C(=O)N1c1cc(C)ccc1C. The summed E-state index contributed by atoms with van der Waals surface area (Å²) in [7, 11) is 1.54. The molecule has 2 heterocycles. The first-order valence-corrected chi connectivity index (χ1v) is 10.4. The smallest absolute Gasteiger partial charge is 0.294 e. The summed E-state index contributed by atoms with van der Waals surface area (Å²) in [6.07, 6.45) is 0. The van der Waals surface area contributed by atoms with E-state index in [2.05, 4.69) is 0 Å². The molecule has 1 amide bonds. The molecule has 1 N–H and O–H groups in total. The van der Waals surface area contributed by atoms with E-state index < -0.39 is 17.7 Å². The van der Waals surface area contributed by atoms with Crippen molar-refractivity contribution in [1.29, 1.82) is 0 Å². The molecule has 0 saturated carbocycles. The molecule has 1 unspecified atom stereocenters. The maximum Gasteiger partial charge on any atom is 0.294 e. The molecule has 0 aliphatic carbocycles. The van der Waals surface area contributed by atoms with E-state index in [-0.39, 0.29) is 11.4 Å². The Morgan fingerprint density at radius 1 is 1.10 bits per heavy atom. The molecular weight excluding hydrogens is 398 g/mol. The number of aliphatic hydroxyl groups excluding tert-OH is 1. The Balaban J connectivity index is 1.96. The number of aryl methyl sites for hydroxylation is 2. The summed E-state index contributed by atoms with van der Waals surface area (Å²) in [5.74, 6) is -0.943. The van der Waals surface area contributed by atoms with Crippen molar-refractivity contribution in [2.75, 3.05) is 12.0 Å². The third-order valence-electron chi connectivity index (χ3n) is 5.26. The Labute approximate surface area is 178 Å². The van der Waals surface area contributed by atoms with Gasteiger partial charge in [0, 0.05) is 11.3 Å². The average Bonchev–Trinajstić information content (AvgIpc) is 3.37. The number of anilines is 1. The number of rotatable bonds is 5. The normalized spacial score (nSPS) is 16.3. The molecule has 1 aromatic heterocycles. The third-order valence-corrected chi connectivity index (χ3v) is 6.12. The number of nitrogens with zero attached hydrogens (tertiary/aromatic N) is 1. The van der Waals surface area contributed by atoms with Crippen molar-refractivity contribution in [3.63, 3.8) is 0 Å². The van der Waals surface area contributed by atoms with Crippen molar-refractivity contribution < 1.29 is 19.4 Å². The van der Waals surface area contributed by atoms with Gasteiger partial charge in [0.25, 0.3) is 5.91 Å². The highest BCUT2D eigenvalue weighted by molar-refractivity contribution is 7.12. The van der Waals surface area contributed by atoms with Gasteiger partial charge in [-0.25, -0.2) is 0 Å². The first-order valence-electron chi connectivity index (χ1n) is 9.49. The van der Waals surface area contributed by atoms with Crippen LogP contribution in [0.2, 0.25) is 0 Å². The van der Waals surface area contributed by atoms with Gasteiger partial charge < -0.3 is 9.84 Å². The zero-order valence-electron chi connectivity index (χ0n) is 16.9. The van der Waals surface area contributed by atoms with Crippen LogP contribution < -0.4 is 9.64 Å². The molecular formula is C24H21NO4S. The van der Waals surface area contributed by atoms with E-state index in [9.17, 15) is 14.7 Å². The molecule has 0 bridgehead atoms. The number of thiophene rings is 1. The second-order valence-corrected chi connectivity index (χ2v) is 8.13. The summed E-state index contributed by atoms with van der Waals surface area (Å²) in [6.45, 7) is 3.84. The van der Waals surface area contributed by atoms with E-state index in [0.717, 1.165) is 11.1 Å². The molecule has 0 saturated heterocycles. The minimum Gasteiger partial charge on any atom is -0.503 e. The minimum absolute atomic E-state index is 0.0628. The summed E-state index contributed by atoms with van der Waals surface area (Å²) in [5.41, 5.74) is 3.19. The fraction of sp³-hybridized carbons (Fsp3) is 0.167. The molecule has 1 aliphatic rings. The van der Waals surface area contributed by atoms with Crippen molar-refractivity contribution in [3.8, 4) is 5.75 Å². The molecule has 2 aromatic carbocycles. The van der Waals surface area contributed by atoms with Crippen LogP contribution in [-0.2, 0) is 4.79 Å². The van der Waals surface area contributed by atoms with Gasteiger partial charge in [-0.1, -0.05) is 36.4 Å². The Kier molecular flexibility index (Phi) is 5.18. The number of hydrogen-bond acceptors (Lipinski definition) is 5. The molecule has 30 heavy (non-hydrogen) atoms. The molecule has 152 valence electrons. The number of benzene rings is 2. The van der Waals surface area contributed by atoms with Crippen LogP contribution in [0.1, 0.15) is 32.4 Å². The van der Waals surface area contributed by atoms with Crippen molar-refractivity contribution in [2.45, 2.75) is 19.9 Å². The molecule has 5 nitrogen and oxygen atoms in total. The number of methoxy groups -OCH3 is 1. The number of carbonyl (C=O) groups is 2. The van der Waals surface area contributed by atoms with Crippen LogP contribution in [0.25, 0.3) is 0 Å². The highest BCUT2D eigenvalue weighted by atomic mass is 32.1. The molecule has 1 atom stereocenters. The van der Waals surface area contributed by atoms with Crippen molar-refractivity contribution in [2.24, 2.45) is 0 Å². The zero-order chi connectivity index (χ0) is 21.4. The predicted octanol–water partition coefficient (Wildman–Crippen LogP) is 5.16. The summed E-state index contributed by atoms with van der Waals surface area (Å²) >= 11 is 1.28.